The van der Waals surface area contributed by atoms with Crippen LogP contribution in [0.5, 0.6) is 17.2 Å². The number of thioether (sulfide) groups is 1. The van der Waals surface area contributed by atoms with Crippen LogP contribution in [0.3, 0.4) is 0 Å². The normalized spacial score (nSPS) is 11.3. The van der Waals surface area contributed by atoms with Gasteiger partial charge in [0.25, 0.3) is 11.8 Å². The summed E-state index contributed by atoms with van der Waals surface area (Å²) in [5, 5.41) is 0. The molecule has 28 heavy (non-hydrogen) atoms. The molecule has 0 unspecified atom stereocenters. The molecule has 8 heteroatoms. The molecular weight excluding hydrogens is 380 g/mol. The molecule has 0 aromatic heterocycles. The average Bonchev–Trinajstić information content (AvgIpc) is 2.72. The summed E-state index contributed by atoms with van der Waals surface area (Å²) in [6.45, 7) is 4.06. The number of methoxy groups -OCH3 is 1. The van der Waals surface area contributed by atoms with Crippen LogP contribution in [0.4, 0.5) is 0 Å². The summed E-state index contributed by atoms with van der Waals surface area (Å²) in [7, 11) is 1.49. The molecule has 150 valence electrons. The fourth-order valence-corrected chi connectivity index (χ4v) is 2.74. The van der Waals surface area contributed by atoms with Gasteiger partial charge in [-0.2, -0.15) is 0 Å². The first-order chi connectivity index (χ1) is 13.5. The number of benzene rings is 2. The van der Waals surface area contributed by atoms with E-state index >= 15 is 0 Å². The molecule has 0 radical (unpaired) electrons. The van der Waals surface area contributed by atoms with Gasteiger partial charge in [0.15, 0.2) is 6.10 Å². The van der Waals surface area contributed by atoms with Crippen molar-refractivity contribution in [2.75, 3.05) is 20.0 Å². The average molecular weight is 404 g/mol. The number of carbonyl (C=O) groups excluding carboxylic acids is 2. The summed E-state index contributed by atoms with van der Waals surface area (Å²) in [5.74, 6) is 0.706. The SMILES string of the molecule is CCOc1ccc(O[C@@H](C)C(=O)NNC(=O)c2ccc(SC)cc2OC)cc1. The molecule has 0 heterocycles. The molecule has 0 aliphatic carbocycles. The lowest BCUT2D eigenvalue weighted by molar-refractivity contribution is -0.128. The second-order valence-corrected chi connectivity index (χ2v) is 6.55. The van der Waals surface area contributed by atoms with Crippen molar-refractivity contribution in [3.8, 4) is 17.2 Å². The van der Waals surface area contributed by atoms with E-state index in [1.165, 1.54) is 18.9 Å². The summed E-state index contributed by atoms with van der Waals surface area (Å²) in [4.78, 5) is 25.5. The Morgan fingerprint density at radius 3 is 2.36 bits per heavy atom. The molecule has 2 aromatic rings. The summed E-state index contributed by atoms with van der Waals surface area (Å²) in [5.41, 5.74) is 5.06. The van der Waals surface area contributed by atoms with Crippen LogP contribution in [0, 0.1) is 0 Å². The Hall–Kier alpha value is -2.87. The number of ether oxygens (including phenoxy) is 3. The van der Waals surface area contributed by atoms with E-state index < -0.39 is 17.9 Å². The predicted octanol–water partition coefficient (Wildman–Crippen LogP) is 3.04. The molecule has 0 fully saturated rings. The summed E-state index contributed by atoms with van der Waals surface area (Å²) >= 11 is 1.54. The maximum atomic E-state index is 12.3. The molecule has 0 saturated heterocycles. The molecule has 0 spiro atoms. The minimum Gasteiger partial charge on any atom is -0.496 e. The van der Waals surface area contributed by atoms with Crippen molar-refractivity contribution < 1.29 is 23.8 Å². The lowest BCUT2D eigenvalue weighted by atomic mass is 10.2. The molecule has 2 amide bonds. The van der Waals surface area contributed by atoms with Gasteiger partial charge in [0, 0.05) is 4.90 Å². The molecule has 0 saturated carbocycles. The quantitative estimate of drug-likeness (QED) is 0.520. The summed E-state index contributed by atoms with van der Waals surface area (Å²) < 4.78 is 16.2. The Labute approximate surface area is 168 Å². The molecule has 2 N–H and O–H groups in total. The van der Waals surface area contributed by atoms with Gasteiger partial charge in [-0.15, -0.1) is 11.8 Å². The van der Waals surface area contributed by atoms with Gasteiger partial charge in [0.1, 0.15) is 17.2 Å². The fourth-order valence-electron chi connectivity index (χ4n) is 2.31. The lowest BCUT2D eigenvalue weighted by Crippen LogP contribution is -2.47. The minimum absolute atomic E-state index is 0.320. The Morgan fingerprint density at radius 1 is 1.07 bits per heavy atom. The van der Waals surface area contributed by atoms with Crippen LogP contribution in [0.1, 0.15) is 24.2 Å². The van der Waals surface area contributed by atoms with Crippen LogP contribution in [0.15, 0.2) is 47.4 Å². The van der Waals surface area contributed by atoms with Crippen molar-refractivity contribution in [2.45, 2.75) is 24.8 Å². The zero-order chi connectivity index (χ0) is 20.5. The Kier molecular flexibility index (Phi) is 8.01. The van der Waals surface area contributed by atoms with Crippen LogP contribution < -0.4 is 25.1 Å². The Bertz CT molecular complexity index is 811. The van der Waals surface area contributed by atoms with E-state index in [1.807, 2.05) is 19.2 Å². The molecule has 0 bridgehead atoms. The van der Waals surface area contributed by atoms with Gasteiger partial charge in [-0.3, -0.25) is 20.4 Å². The van der Waals surface area contributed by atoms with Gasteiger partial charge in [-0.05, 0) is 62.6 Å². The summed E-state index contributed by atoms with van der Waals surface area (Å²) in [6.07, 6.45) is 1.12. The second-order valence-electron chi connectivity index (χ2n) is 5.67. The maximum absolute atomic E-state index is 12.3. The van der Waals surface area contributed by atoms with Gasteiger partial charge in [0.05, 0.1) is 19.3 Å². The van der Waals surface area contributed by atoms with Crippen LogP contribution in [0.2, 0.25) is 0 Å². The van der Waals surface area contributed by atoms with E-state index in [0.29, 0.717) is 23.7 Å². The van der Waals surface area contributed by atoms with Gasteiger partial charge in [0.2, 0.25) is 0 Å². The Balaban J connectivity index is 1.91. The molecule has 2 rings (SSSR count). The standard InChI is InChI=1S/C20H24N2O5S/c1-5-26-14-6-8-15(9-7-14)27-13(2)19(23)21-22-20(24)17-11-10-16(28-4)12-18(17)25-3/h6-13H,5H2,1-4H3,(H,21,23)(H,22,24)/t13-/m0/s1. The highest BCUT2D eigenvalue weighted by Crippen LogP contribution is 2.25. The van der Waals surface area contributed by atoms with Crippen LogP contribution in [-0.4, -0.2) is 37.9 Å². The van der Waals surface area contributed by atoms with Gasteiger partial charge < -0.3 is 14.2 Å². The largest absolute Gasteiger partial charge is 0.496 e. The van der Waals surface area contributed by atoms with Crippen LogP contribution in [0.25, 0.3) is 0 Å². The van der Waals surface area contributed by atoms with Gasteiger partial charge >= 0.3 is 0 Å². The Morgan fingerprint density at radius 2 is 1.75 bits per heavy atom. The number of hydrogen-bond donors (Lipinski definition) is 2. The third-order valence-corrected chi connectivity index (χ3v) is 4.49. The zero-order valence-corrected chi connectivity index (χ0v) is 17.1. The van der Waals surface area contributed by atoms with E-state index in [9.17, 15) is 9.59 Å². The lowest BCUT2D eigenvalue weighted by Gasteiger charge is -2.16. The van der Waals surface area contributed by atoms with Crippen molar-refractivity contribution in [3.05, 3.63) is 48.0 Å². The maximum Gasteiger partial charge on any atom is 0.279 e. The molecule has 2 aromatic carbocycles. The third-order valence-electron chi connectivity index (χ3n) is 3.77. The fraction of sp³-hybridized carbons (Fsp3) is 0.300. The predicted molar refractivity (Wildman–Crippen MR) is 108 cm³/mol. The number of carbonyl (C=O) groups is 2. The monoisotopic (exact) mass is 404 g/mol. The van der Waals surface area contributed by atoms with E-state index in [1.54, 1.807) is 43.3 Å². The first-order valence-corrected chi connectivity index (χ1v) is 9.92. The van der Waals surface area contributed by atoms with E-state index in [2.05, 4.69) is 10.9 Å². The van der Waals surface area contributed by atoms with Crippen LogP contribution >= 0.6 is 11.8 Å². The van der Waals surface area contributed by atoms with Crippen molar-refractivity contribution in [2.24, 2.45) is 0 Å². The molecular formula is C20H24N2O5S. The molecule has 0 aliphatic rings. The number of nitrogens with one attached hydrogen (secondary N) is 2. The highest BCUT2D eigenvalue weighted by atomic mass is 32.2. The zero-order valence-electron chi connectivity index (χ0n) is 16.3. The highest BCUT2D eigenvalue weighted by molar-refractivity contribution is 7.98. The van der Waals surface area contributed by atoms with Gasteiger partial charge in [-0.1, -0.05) is 0 Å². The first kappa shape index (κ1) is 21.4. The number of amides is 2. The number of rotatable bonds is 8. The smallest absolute Gasteiger partial charge is 0.279 e. The number of hydrazine groups is 1. The molecule has 1 atom stereocenters. The molecule has 7 nitrogen and oxygen atoms in total. The second kappa shape index (κ2) is 10.5. The highest BCUT2D eigenvalue weighted by Gasteiger charge is 2.18. The van der Waals surface area contributed by atoms with Crippen molar-refractivity contribution in [1.29, 1.82) is 0 Å². The van der Waals surface area contributed by atoms with Crippen molar-refractivity contribution in [3.63, 3.8) is 0 Å². The first-order valence-electron chi connectivity index (χ1n) is 8.70. The van der Waals surface area contributed by atoms with Crippen molar-refractivity contribution in [1.82, 2.24) is 10.9 Å². The van der Waals surface area contributed by atoms with Crippen molar-refractivity contribution >= 4 is 23.6 Å². The van der Waals surface area contributed by atoms with E-state index in [-0.39, 0.29) is 0 Å². The molecule has 0 aliphatic heterocycles. The third kappa shape index (κ3) is 5.82. The van der Waals surface area contributed by atoms with E-state index in [0.717, 1.165) is 10.6 Å². The van der Waals surface area contributed by atoms with E-state index in [4.69, 9.17) is 14.2 Å². The van der Waals surface area contributed by atoms with Gasteiger partial charge in [-0.25, -0.2) is 0 Å². The topological polar surface area (TPSA) is 85.9 Å². The number of hydrogen-bond acceptors (Lipinski definition) is 6. The van der Waals surface area contributed by atoms with Crippen LogP contribution in [-0.2, 0) is 4.79 Å². The summed E-state index contributed by atoms with van der Waals surface area (Å²) in [6, 6.07) is 12.2. The minimum atomic E-state index is -0.806.